The van der Waals surface area contributed by atoms with Gasteiger partial charge in [0.1, 0.15) is 0 Å². The highest BCUT2D eigenvalue weighted by molar-refractivity contribution is 4.86. The number of hydrogen-bond donors (Lipinski definition) is 2. The van der Waals surface area contributed by atoms with E-state index in [1.807, 2.05) is 0 Å². The molecule has 0 aliphatic carbocycles. The minimum Gasteiger partial charge on any atom is -0.394 e. The van der Waals surface area contributed by atoms with Crippen molar-refractivity contribution in [1.82, 2.24) is 10.2 Å². The Morgan fingerprint density at radius 1 is 1.42 bits per heavy atom. The number of morpholine rings is 1. The lowest BCUT2D eigenvalue weighted by Crippen LogP contribution is -2.53. The predicted octanol–water partition coefficient (Wildman–Crippen LogP) is 1.63. The largest absolute Gasteiger partial charge is 0.394 e. The average molecular weight is 272 g/mol. The van der Waals surface area contributed by atoms with E-state index in [0.29, 0.717) is 12.1 Å². The molecule has 1 rings (SSSR count). The van der Waals surface area contributed by atoms with E-state index < -0.39 is 0 Å². The molecular weight excluding hydrogens is 240 g/mol. The van der Waals surface area contributed by atoms with E-state index in [1.165, 1.54) is 0 Å². The lowest BCUT2D eigenvalue weighted by molar-refractivity contribution is -0.0587. The summed E-state index contributed by atoms with van der Waals surface area (Å²) in [6.07, 6.45) is 3.53. The van der Waals surface area contributed by atoms with Crippen LogP contribution < -0.4 is 5.32 Å². The zero-order valence-electron chi connectivity index (χ0n) is 13.1. The summed E-state index contributed by atoms with van der Waals surface area (Å²) >= 11 is 0. The second-order valence-electron chi connectivity index (χ2n) is 6.10. The summed E-state index contributed by atoms with van der Waals surface area (Å²) in [6, 6.07) is 0.533. The molecule has 0 aromatic carbocycles. The van der Waals surface area contributed by atoms with Gasteiger partial charge in [-0.2, -0.15) is 0 Å². The van der Waals surface area contributed by atoms with E-state index in [-0.39, 0.29) is 12.1 Å². The van der Waals surface area contributed by atoms with Gasteiger partial charge in [0, 0.05) is 24.7 Å². The van der Waals surface area contributed by atoms with Gasteiger partial charge in [0.2, 0.25) is 0 Å². The van der Waals surface area contributed by atoms with E-state index in [1.54, 1.807) is 0 Å². The molecule has 0 amide bonds. The molecule has 0 aromatic heterocycles. The van der Waals surface area contributed by atoms with Gasteiger partial charge in [0.15, 0.2) is 0 Å². The summed E-state index contributed by atoms with van der Waals surface area (Å²) < 4.78 is 5.73. The van der Waals surface area contributed by atoms with Crippen LogP contribution in [0.15, 0.2) is 0 Å². The zero-order chi connectivity index (χ0) is 14.3. The molecule has 0 radical (unpaired) electrons. The third-order valence-electron chi connectivity index (χ3n) is 4.15. The molecule has 0 spiro atoms. The monoisotopic (exact) mass is 272 g/mol. The fourth-order valence-electron chi connectivity index (χ4n) is 2.60. The van der Waals surface area contributed by atoms with Crippen molar-refractivity contribution in [2.24, 2.45) is 0 Å². The number of aliphatic hydroxyl groups excluding tert-OH is 1. The average Bonchev–Trinajstić information content (AvgIpc) is 2.43. The Morgan fingerprint density at radius 2 is 2.16 bits per heavy atom. The van der Waals surface area contributed by atoms with Crippen LogP contribution in [0, 0.1) is 0 Å². The summed E-state index contributed by atoms with van der Waals surface area (Å²) in [6.45, 7) is 12.7. The van der Waals surface area contributed by atoms with Crippen LogP contribution in [0.25, 0.3) is 0 Å². The first-order chi connectivity index (χ1) is 9.04. The van der Waals surface area contributed by atoms with E-state index in [0.717, 1.165) is 45.5 Å². The van der Waals surface area contributed by atoms with Crippen molar-refractivity contribution in [2.45, 2.75) is 64.6 Å². The van der Waals surface area contributed by atoms with Crippen LogP contribution in [0.5, 0.6) is 0 Å². The van der Waals surface area contributed by atoms with Crippen LogP contribution in [0.3, 0.4) is 0 Å². The first kappa shape index (κ1) is 16.9. The van der Waals surface area contributed by atoms with Crippen LogP contribution in [0.2, 0.25) is 0 Å². The van der Waals surface area contributed by atoms with Crippen molar-refractivity contribution in [3.8, 4) is 0 Å². The molecule has 1 heterocycles. The maximum Gasteiger partial charge on any atom is 0.0674 e. The summed E-state index contributed by atoms with van der Waals surface area (Å²) in [7, 11) is 0. The van der Waals surface area contributed by atoms with Gasteiger partial charge in [0.05, 0.1) is 19.3 Å². The van der Waals surface area contributed by atoms with Gasteiger partial charge in [-0.25, -0.2) is 0 Å². The van der Waals surface area contributed by atoms with Gasteiger partial charge >= 0.3 is 0 Å². The Kier molecular flexibility index (Phi) is 7.29. The normalized spacial score (nSPS) is 28.3. The predicted molar refractivity (Wildman–Crippen MR) is 79.5 cm³/mol. The first-order valence-electron chi connectivity index (χ1n) is 7.76. The minimum atomic E-state index is -0.157. The lowest BCUT2D eigenvalue weighted by Gasteiger charge is -2.40. The molecule has 19 heavy (non-hydrogen) atoms. The number of nitrogens with zero attached hydrogens (tertiary/aromatic N) is 1. The Balaban J connectivity index is 2.47. The summed E-state index contributed by atoms with van der Waals surface area (Å²) in [5.41, 5.74) is -0.157. The van der Waals surface area contributed by atoms with Crippen molar-refractivity contribution in [1.29, 1.82) is 0 Å². The lowest BCUT2D eigenvalue weighted by atomic mass is 9.97. The van der Waals surface area contributed by atoms with Crippen molar-refractivity contribution >= 4 is 0 Å². The van der Waals surface area contributed by atoms with Gasteiger partial charge in [-0.3, -0.25) is 4.90 Å². The van der Waals surface area contributed by atoms with Crippen LogP contribution in [-0.4, -0.2) is 60.5 Å². The molecule has 1 aliphatic heterocycles. The van der Waals surface area contributed by atoms with E-state index in [2.05, 4.69) is 37.9 Å². The zero-order valence-corrected chi connectivity index (χ0v) is 13.1. The topological polar surface area (TPSA) is 44.7 Å². The molecule has 0 bridgehead atoms. The molecule has 1 fully saturated rings. The third-order valence-corrected chi connectivity index (χ3v) is 4.15. The molecule has 1 aliphatic rings. The molecule has 0 aromatic rings. The standard InChI is InChI=1S/C15H32N2O2/c1-5-8-16-15(4,12-18)7-9-17-10-13(3)19-11-14(17)6-2/h13-14,16,18H,5-12H2,1-4H3. The molecule has 4 nitrogen and oxygen atoms in total. The van der Waals surface area contributed by atoms with Gasteiger partial charge in [-0.1, -0.05) is 13.8 Å². The van der Waals surface area contributed by atoms with Gasteiger partial charge < -0.3 is 15.2 Å². The Hall–Kier alpha value is -0.160. The Bertz CT molecular complexity index is 250. The minimum absolute atomic E-state index is 0.157. The summed E-state index contributed by atoms with van der Waals surface area (Å²) in [4.78, 5) is 2.52. The summed E-state index contributed by atoms with van der Waals surface area (Å²) in [5.74, 6) is 0. The van der Waals surface area contributed by atoms with Gasteiger partial charge in [0.25, 0.3) is 0 Å². The second-order valence-corrected chi connectivity index (χ2v) is 6.10. The molecule has 3 atom stereocenters. The van der Waals surface area contributed by atoms with Crippen molar-refractivity contribution < 1.29 is 9.84 Å². The Morgan fingerprint density at radius 3 is 2.74 bits per heavy atom. The SMILES string of the molecule is CCCNC(C)(CO)CCN1CC(C)OCC1CC. The fraction of sp³-hybridized carbons (Fsp3) is 1.00. The maximum absolute atomic E-state index is 9.61. The number of nitrogens with one attached hydrogen (secondary N) is 1. The van der Waals surface area contributed by atoms with Crippen molar-refractivity contribution in [3.63, 3.8) is 0 Å². The van der Waals surface area contributed by atoms with Crippen LogP contribution in [0.1, 0.15) is 47.0 Å². The highest BCUT2D eigenvalue weighted by atomic mass is 16.5. The quantitative estimate of drug-likeness (QED) is 0.705. The van der Waals surface area contributed by atoms with Crippen LogP contribution >= 0.6 is 0 Å². The molecule has 1 saturated heterocycles. The molecular formula is C15H32N2O2. The third kappa shape index (κ3) is 5.38. The summed E-state index contributed by atoms with van der Waals surface area (Å²) in [5, 5.41) is 13.1. The number of aliphatic hydroxyl groups is 1. The van der Waals surface area contributed by atoms with Gasteiger partial charge in [-0.15, -0.1) is 0 Å². The van der Waals surface area contributed by atoms with Gasteiger partial charge in [-0.05, 0) is 39.7 Å². The number of rotatable bonds is 8. The number of hydrogen-bond acceptors (Lipinski definition) is 4. The van der Waals surface area contributed by atoms with Crippen LogP contribution in [-0.2, 0) is 4.74 Å². The molecule has 4 heteroatoms. The smallest absolute Gasteiger partial charge is 0.0674 e. The molecule has 114 valence electrons. The van der Waals surface area contributed by atoms with E-state index >= 15 is 0 Å². The van der Waals surface area contributed by atoms with Crippen molar-refractivity contribution in [2.75, 3.05) is 32.8 Å². The maximum atomic E-state index is 9.61. The molecule has 3 unspecified atom stereocenters. The van der Waals surface area contributed by atoms with Crippen LogP contribution in [0.4, 0.5) is 0 Å². The molecule has 2 N–H and O–H groups in total. The second kappa shape index (κ2) is 8.20. The molecule has 0 saturated carbocycles. The van der Waals surface area contributed by atoms with E-state index in [9.17, 15) is 5.11 Å². The highest BCUT2D eigenvalue weighted by Gasteiger charge is 2.28. The highest BCUT2D eigenvalue weighted by Crippen LogP contribution is 2.17. The van der Waals surface area contributed by atoms with E-state index in [4.69, 9.17) is 4.74 Å². The van der Waals surface area contributed by atoms with Crippen molar-refractivity contribution in [3.05, 3.63) is 0 Å². The number of ether oxygens (including phenoxy) is 1. The first-order valence-corrected chi connectivity index (χ1v) is 7.76. The Labute approximate surface area is 118 Å². The fourth-order valence-corrected chi connectivity index (χ4v) is 2.60.